The van der Waals surface area contributed by atoms with E-state index in [0.717, 1.165) is 17.3 Å². The Labute approximate surface area is 168 Å². The van der Waals surface area contributed by atoms with Gasteiger partial charge < -0.3 is 19.3 Å². The molecule has 0 unspecified atom stereocenters. The molecule has 9 nitrogen and oxygen atoms in total. The van der Waals surface area contributed by atoms with E-state index in [-0.39, 0.29) is 5.91 Å². The molecule has 1 fully saturated rings. The molecule has 1 aliphatic heterocycles. The summed E-state index contributed by atoms with van der Waals surface area (Å²) >= 11 is 0. The first-order valence-corrected chi connectivity index (χ1v) is 9.47. The summed E-state index contributed by atoms with van der Waals surface area (Å²) in [6.45, 7) is 6.57. The Morgan fingerprint density at radius 1 is 0.966 bits per heavy atom. The van der Waals surface area contributed by atoms with Gasteiger partial charge in [-0.3, -0.25) is 9.20 Å². The Morgan fingerprint density at radius 3 is 2.38 bits per heavy atom. The van der Waals surface area contributed by atoms with Crippen LogP contribution in [0.25, 0.3) is 5.78 Å². The van der Waals surface area contributed by atoms with Crippen LogP contribution < -0.4 is 14.4 Å². The van der Waals surface area contributed by atoms with Gasteiger partial charge in [0, 0.05) is 43.5 Å². The van der Waals surface area contributed by atoms with Gasteiger partial charge in [0.2, 0.25) is 0 Å². The zero-order chi connectivity index (χ0) is 20.5. The quantitative estimate of drug-likeness (QED) is 0.664. The van der Waals surface area contributed by atoms with Crippen molar-refractivity contribution in [3.63, 3.8) is 0 Å². The third kappa shape index (κ3) is 3.43. The lowest BCUT2D eigenvalue weighted by Crippen LogP contribution is -2.49. The molecule has 0 bridgehead atoms. The summed E-state index contributed by atoms with van der Waals surface area (Å²) in [5.74, 6) is 3.42. The van der Waals surface area contributed by atoms with E-state index in [9.17, 15) is 4.79 Å². The number of ether oxygens (including phenoxy) is 2. The number of methoxy groups -OCH3 is 2. The summed E-state index contributed by atoms with van der Waals surface area (Å²) < 4.78 is 12.5. The highest BCUT2D eigenvalue weighted by atomic mass is 16.5. The van der Waals surface area contributed by atoms with E-state index in [1.54, 1.807) is 32.4 Å². The molecule has 3 aromatic rings. The maximum Gasteiger partial charge on any atom is 0.257 e. The molecule has 1 aliphatic rings. The summed E-state index contributed by atoms with van der Waals surface area (Å²) in [5.41, 5.74) is 1.63. The molecule has 2 aromatic heterocycles. The lowest BCUT2D eigenvalue weighted by Gasteiger charge is -2.35. The average molecular weight is 396 g/mol. The highest BCUT2D eigenvalue weighted by Gasteiger charge is 2.24. The van der Waals surface area contributed by atoms with Crippen molar-refractivity contribution in [3.8, 4) is 11.5 Å². The molecule has 4 rings (SSSR count). The predicted molar refractivity (Wildman–Crippen MR) is 108 cm³/mol. The van der Waals surface area contributed by atoms with Gasteiger partial charge in [0.1, 0.15) is 11.6 Å². The second-order valence-electron chi connectivity index (χ2n) is 6.99. The van der Waals surface area contributed by atoms with Crippen molar-refractivity contribution in [1.29, 1.82) is 0 Å². The molecule has 3 heterocycles. The number of carbonyl (C=O) groups is 1. The Kier molecular flexibility index (Phi) is 4.96. The molecule has 0 radical (unpaired) electrons. The number of anilines is 1. The minimum Gasteiger partial charge on any atom is -0.493 e. The summed E-state index contributed by atoms with van der Waals surface area (Å²) in [6.07, 6.45) is 0. The number of benzene rings is 1. The zero-order valence-corrected chi connectivity index (χ0v) is 17.0. The number of amides is 1. The molecule has 1 aromatic carbocycles. The molecule has 0 aliphatic carbocycles. The van der Waals surface area contributed by atoms with Gasteiger partial charge in [-0.1, -0.05) is 0 Å². The SMILES string of the molecule is COc1ccc(C(=O)N2CCN(c3cc(C)n4c(C)nnc4n3)CC2)cc1OC. The van der Waals surface area contributed by atoms with Crippen LogP contribution in [0.1, 0.15) is 21.9 Å². The summed E-state index contributed by atoms with van der Waals surface area (Å²) in [7, 11) is 3.14. The molecular formula is C20H24N6O3. The van der Waals surface area contributed by atoms with Crippen LogP contribution >= 0.6 is 0 Å². The minimum absolute atomic E-state index is 0.0155. The fourth-order valence-electron chi connectivity index (χ4n) is 3.68. The molecule has 0 atom stereocenters. The van der Waals surface area contributed by atoms with Gasteiger partial charge in [-0.15, -0.1) is 10.2 Å². The Hall–Kier alpha value is -3.36. The number of aromatic nitrogens is 4. The topological polar surface area (TPSA) is 85.1 Å². The van der Waals surface area contributed by atoms with Crippen LogP contribution in [0.5, 0.6) is 11.5 Å². The number of hydrogen-bond donors (Lipinski definition) is 0. The highest BCUT2D eigenvalue weighted by molar-refractivity contribution is 5.95. The third-order valence-corrected chi connectivity index (χ3v) is 5.23. The van der Waals surface area contributed by atoms with Crippen molar-refractivity contribution in [2.75, 3.05) is 45.3 Å². The summed E-state index contributed by atoms with van der Waals surface area (Å²) in [4.78, 5) is 21.6. The monoisotopic (exact) mass is 396 g/mol. The maximum atomic E-state index is 12.9. The van der Waals surface area contributed by atoms with Gasteiger partial charge in [0.15, 0.2) is 11.5 Å². The number of carbonyl (C=O) groups excluding carboxylic acids is 1. The van der Waals surface area contributed by atoms with E-state index in [0.29, 0.717) is 49.0 Å². The van der Waals surface area contributed by atoms with Crippen molar-refractivity contribution in [1.82, 2.24) is 24.5 Å². The highest BCUT2D eigenvalue weighted by Crippen LogP contribution is 2.28. The number of hydrogen-bond acceptors (Lipinski definition) is 7. The van der Waals surface area contributed by atoms with Gasteiger partial charge in [0.05, 0.1) is 14.2 Å². The fraction of sp³-hybridized carbons (Fsp3) is 0.400. The van der Waals surface area contributed by atoms with Crippen molar-refractivity contribution in [3.05, 3.63) is 41.3 Å². The first kappa shape index (κ1) is 19.0. The smallest absolute Gasteiger partial charge is 0.257 e. The molecule has 9 heteroatoms. The minimum atomic E-state index is -0.0155. The van der Waals surface area contributed by atoms with Crippen LogP contribution in [-0.4, -0.2) is 70.8 Å². The van der Waals surface area contributed by atoms with E-state index in [1.807, 2.05) is 29.2 Å². The summed E-state index contributed by atoms with van der Waals surface area (Å²) in [5, 5.41) is 8.23. The van der Waals surface area contributed by atoms with E-state index < -0.39 is 0 Å². The molecule has 1 amide bonds. The molecule has 0 N–H and O–H groups in total. The van der Waals surface area contributed by atoms with Gasteiger partial charge >= 0.3 is 0 Å². The van der Waals surface area contributed by atoms with Crippen LogP contribution in [0, 0.1) is 13.8 Å². The van der Waals surface area contributed by atoms with E-state index in [1.165, 1.54) is 0 Å². The van der Waals surface area contributed by atoms with Gasteiger partial charge in [0.25, 0.3) is 11.7 Å². The van der Waals surface area contributed by atoms with Crippen LogP contribution in [-0.2, 0) is 0 Å². The molecule has 29 heavy (non-hydrogen) atoms. The van der Waals surface area contributed by atoms with Gasteiger partial charge in [-0.05, 0) is 32.0 Å². The van der Waals surface area contributed by atoms with Gasteiger partial charge in [-0.25, -0.2) is 0 Å². The number of fused-ring (bicyclic) bond motifs is 1. The first-order valence-electron chi connectivity index (χ1n) is 9.47. The zero-order valence-electron chi connectivity index (χ0n) is 17.0. The van der Waals surface area contributed by atoms with E-state index in [4.69, 9.17) is 9.47 Å². The number of nitrogens with zero attached hydrogens (tertiary/aromatic N) is 6. The van der Waals surface area contributed by atoms with Crippen molar-refractivity contribution in [2.24, 2.45) is 0 Å². The van der Waals surface area contributed by atoms with Gasteiger partial charge in [-0.2, -0.15) is 4.98 Å². The van der Waals surface area contributed by atoms with Crippen molar-refractivity contribution < 1.29 is 14.3 Å². The van der Waals surface area contributed by atoms with E-state index >= 15 is 0 Å². The molecule has 0 saturated carbocycles. The molecule has 0 spiro atoms. The molecule has 152 valence electrons. The normalized spacial score (nSPS) is 14.3. The van der Waals surface area contributed by atoms with Crippen LogP contribution in [0.4, 0.5) is 5.82 Å². The molecular weight excluding hydrogens is 372 g/mol. The Morgan fingerprint density at radius 2 is 1.69 bits per heavy atom. The molecule has 1 saturated heterocycles. The number of piperazine rings is 1. The predicted octanol–water partition coefficient (Wildman–Crippen LogP) is 1.72. The lowest BCUT2D eigenvalue weighted by molar-refractivity contribution is 0.0746. The van der Waals surface area contributed by atoms with Crippen LogP contribution in [0.15, 0.2) is 24.3 Å². The van der Waals surface area contributed by atoms with Crippen molar-refractivity contribution in [2.45, 2.75) is 13.8 Å². The average Bonchev–Trinajstić information content (AvgIpc) is 3.14. The Bertz CT molecular complexity index is 1060. The Balaban J connectivity index is 1.47. The number of aryl methyl sites for hydroxylation is 2. The second-order valence-corrected chi connectivity index (χ2v) is 6.99. The standard InChI is InChI=1S/C20H24N6O3/c1-13-11-18(21-20-23-22-14(2)26(13)20)24-7-9-25(10-8-24)19(27)15-5-6-16(28-3)17(12-15)29-4/h5-6,11-12H,7-10H2,1-4H3. The van der Waals surface area contributed by atoms with Crippen LogP contribution in [0.3, 0.4) is 0 Å². The maximum absolute atomic E-state index is 12.9. The van der Waals surface area contributed by atoms with Crippen molar-refractivity contribution >= 4 is 17.5 Å². The largest absolute Gasteiger partial charge is 0.493 e. The first-order chi connectivity index (χ1) is 14.0. The lowest BCUT2D eigenvalue weighted by atomic mass is 10.1. The third-order valence-electron chi connectivity index (χ3n) is 5.23. The fourth-order valence-corrected chi connectivity index (χ4v) is 3.68. The van der Waals surface area contributed by atoms with Crippen LogP contribution in [0.2, 0.25) is 0 Å². The second kappa shape index (κ2) is 7.57. The number of rotatable bonds is 4. The van der Waals surface area contributed by atoms with E-state index in [2.05, 4.69) is 20.1 Å². The summed E-state index contributed by atoms with van der Waals surface area (Å²) in [6, 6.07) is 7.28.